The molecule has 4 nitrogen and oxygen atoms in total. The van der Waals surface area contributed by atoms with E-state index in [0.717, 1.165) is 13.2 Å². The summed E-state index contributed by atoms with van der Waals surface area (Å²) in [4.78, 5) is 11.4. The maximum absolute atomic E-state index is 12.2. The second-order valence-corrected chi connectivity index (χ2v) is 3.67. The van der Waals surface area contributed by atoms with Gasteiger partial charge in [-0.05, 0) is 28.1 Å². The molecule has 0 fully saturated rings. The van der Waals surface area contributed by atoms with Crippen molar-refractivity contribution >= 4 is 21.9 Å². The van der Waals surface area contributed by atoms with Gasteiger partial charge < -0.3 is 9.47 Å². The minimum absolute atomic E-state index is 0.0835. The number of hydrogen-bond donors (Lipinski definition) is 0. The fourth-order valence-electron chi connectivity index (χ4n) is 1.14. The van der Waals surface area contributed by atoms with Gasteiger partial charge in [-0.2, -0.15) is 14.0 Å². The summed E-state index contributed by atoms with van der Waals surface area (Å²) in [5.41, 5.74) is -0.105. The molecule has 0 unspecified atom stereocenters. The van der Waals surface area contributed by atoms with Crippen molar-refractivity contribution in [1.29, 1.82) is 5.26 Å². The SMILES string of the molecule is COC(=O)c1c(Br)cc(C#N)cc1OC(F)F. The van der Waals surface area contributed by atoms with Crippen molar-refractivity contribution < 1.29 is 23.0 Å². The second kappa shape index (κ2) is 5.59. The average Bonchev–Trinajstić information content (AvgIpc) is 2.26. The molecule has 0 amide bonds. The van der Waals surface area contributed by atoms with Crippen LogP contribution >= 0.6 is 15.9 Å². The molecule has 0 aromatic heterocycles. The zero-order chi connectivity index (χ0) is 13.0. The number of nitrogens with zero attached hydrogens (tertiary/aromatic N) is 1. The minimum atomic E-state index is -3.10. The summed E-state index contributed by atoms with van der Waals surface area (Å²) in [6.07, 6.45) is 0. The molecule has 0 spiro atoms. The van der Waals surface area contributed by atoms with Crippen LogP contribution in [0.15, 0.2) is 16.6 Å². The maximum atomic E-state index is 12.2. The lowest BCUT2D eigenvalue weighted by atomic mass is 10.1. The van der Waals surface area contributed by atoms with E-state index in [1.807, 2.05) is 0 Å². The molecule has 17 heavy (non-hydrogen) atoms. The first-order valence-electron chi connectivity index (χ1n) is 4.26. The van der Waals surface area contributed by atoms with E-state index in [2.05, 4.69) is 25.4 Å². The maximum Gasteiger partial charge on any atom is 0.387 e. The first-order chi connectivity index (χ1) is 7.99. The third-order valence-electron chi connectivity index (χ3n) is 1.79. The monoisotopic (exact) mass is 305 g/mol. The summed E-state index contributed by atoms with van der Waals surface area (Å²) in [5, 5.41) is 8.68. The van der Waals surface area contributed by atoms with Gasteiger partial charge in [-0.1, -0.05) is 0 Å². The van der Waals surface area contributed by atoms with E-state index in [-0.39, 0.29) is 15.6 Å². The molecule has 0 aliphatic rings. The van der Waals surface area contributed by atoms with Crippen molar-refractivity contribution in [1.82, 2.24) is 0 Å². The van der Waals surface area contributed by atoms with Crippen LogP contribution in [0.1, 0.15) is 15.9 Å². The van der Waals surface area contributed by atoms with Gasteiger partial charge in [0.15, 0.2) is 0 Å². The zero-order valence-corrected chi connectivity index (χ0v) is 10.1. The number of alkyl halides is 2. The Kier molecular flexibility index (Phi) is 4.40. The molecule has 7 heteroatoms. The van der Waals surface area contributed by atoms with Gasteiger partial charge >= 0.3 is 12.6 Å². The summed E-state index contributed by atoms with van der Waals surface area (Å²) in [7, 11) is 1.11. The van der Waals surface area contributed by atoms with Gasteiger partial charge in [0.25, 0.3) is 0 Å². The Hall–Kier alpha value is -1.68. The Morgan fingerprint density at radius 1 is 1.53 bits per heavy atom. The van der Waals surface area contributed by atoms with Crippen molar-refractivity contribution in [2.75, 3.05) is 7.11 Å². The first-order valence-corrected chi connectivity index (χ1v) is 5.05. The quantitative estimate of drug-likeness (QED) is 0.806. The van der Waals surface area contributed by atoms with Gasteiger partial charge in [0, 0.05) is 4.47 Å². The highest BCUT2D eigenvalue weighted by Crippen LogP contribution is 2.30. The van der Waals surface area contributed by atoms with E-state index in [0.29, 0.717) is 0 Å². The Labute approximate surface area is 104 Å². The van der Waals surface area contributed by atoms with E-state index >= 15 is 0 Å². The van der Waals surface area contributed by atoms with Gasteiger partial charge in [0.2, 0.25) is 0 Å². The Morgan fingerprint density at radius 2 is 2.18 bits per heavy atom. The molecular formula is C10H6BrF2NO3. The Balaban J connectivity index is 3.35. The van der Waals surface area contributed by atoms with E-state index in [1.165, 1.54) is 6.07 Å². The average molecular weight is 306 g/mol. The van der Waals surface area contributed by atoms with Crippen LogP contribution in [0.2, 0.25) is 0 Å². The summed E-state index contributed by atoms with van der Waals surface area (Å²) < 4.78 is 33.1. The molecule has 0 bridgehead atoms. The molecule has 90 valence electrons. The van der Waals surface area contributed by atoms with E-state index in [9.17, 15) is 13.6 Å². The number of benzene rings is 1. The number of halogens is 3. The fraction of sp³-hybridized carbons (Fsp3) is 0.200. The molecule has 1 aromatic carbocycles. The fourth-order valence-corrected chi connectivity index (χ4v) is 1.74. The van der Waals surface area contributed by atoms with Crippen molar-refractivity contribution in [2.24, 2.45) is 0 Å². The molecule has 0 saturated carbocycles. The van der Waals surface area contributed by atoms with Crippen LogP contribution < -0.4 is 4.74 Å². The van der Waals surface area contributed by atoms with Crippen molar-refractivity contribution in [3.8, 4) is 11.8 Å². The molecule has 0 radical (unpaired) electrons. The highest BCUT2D eigenvalue weighted by molar-refractivity contribution is 9.10. The molecule has 1 aromatic rings. The van der Waals surface area contributed by atoms with Crippen LogP contribution in [0.4, 0.5) is 8.78 Å². The number of methoxy groups -OCH3 is 1. The lowest BCUT2D eigenvalue weighted by Crippen LogP contribution is -2.10. The highest BCUT2D eigenvalue weighted by atomic mass is 79.9. The molecule has 0 atom stereocenters. The van der Waals surface area contributed by atoms with Crippen molar-refractivity contribution in [3.63, 3.8) is 0 Å². The normalized spacial score (nSPS) is 9.88. The predicted molar refractivity (Wildman–Crippen MR) is 56.8 cm³/mol. The summed E-state index contributed by atoms with van der Waals surface area (Å²) in [6, 6.07) is 4.11. The van der Waals surface area contributed by atoms with Crippen LogP contribution in [-0.2, 0) is 4.74 Å². The van der Waals surface area contributed by atoms with Gasteiger partial charge in [0.05, 0.1) is 18.7 Å². The number of carbonyl (C=O) groups is 1. The van der Waals surface area contributed by atoms with E-state index in [4.69, 9.17) is 5.26 Å². The zero-order valence-electron chi connectivity index (χ0n) is 8.54. The predicted octanol–water partition coefficient (Wildman–Crippen LogP) is 2.71. The summed E-state index contributed by atoms with van der Waals surface area (Å²) in [6.45, 7) is -3.10. The number of esters is 1. The highest BCUT2D eigenvalue weighted by Gasteiger charge is 2.21. The van der Waals surface area contributed by atoms with Gasteiger partial charge in [-0.25, -0.2) is 4.79 Å². The molecule has 0 N–H and O–H groups in total. The lowest BCUT2D eigenvalue weighted by molar-refractivity contribution is -0.0504. The van der Waals surface area contributed by atoms with Gasteiger partial charge in [-0.15, -0.1) is 0 Å². The standard InChI is InChI=1S/C10H6BrF2NO3/c1-16-9(15)8-6(11)2-5(4-14)3-7(8)17-10(12)13/h2-3,10H,1H3. The number of carbonyl (C=O) groups excluding carboxylic acids is 1. The molecule has 0 heterocycles. The Morgan fingerprint density at radius 3 is 2.65 bits per heavy atom. The Bertz CT molecular complexity index is 485. The van der Waals surface area contributed by atoms with Crippen LogP contribution in [0, 0.1) is 11.3 Å². The molecule has 0 aliphatic carbocycles. The minimum Gasteiger partial charge on any atom is -0.465 e. The van der Waals surface area contributed by atoms with Crippen molar-refractivity contribution in [2.45, 2.75) is 6.61 Å². The second-order valence-electron chi connectivity index (χ2n) is 2.81. The van der Waals surface area contributed by atoms with Crippen LogP contribution in [0.3, 0.4) is 0 Å². The summed E-state index contributed by atoms with van der Waals surface area (Å²) in [5.74, 6) is -1.24. The number of nitriles is 1. The molecule has 1 rings (SSSR count). The van der Waals surface area contributed by atoms with E-state index < -0.39 is 18.3 Å². The number of rotatable bonds is 3. The van der Waals surface area contributed by atoms with E-state index in [1.54, 1.807) is 6.07 Å². The third-order valence-corrected chi connectivity index (χ3v) is 2.41. The smallest absolute Gasteiger partial charge is 0.387 e. The number of hydrogen-bond acceptors (Lipinski definition) is 4. The van der Waals surface area contributed by atoms with Crippen LogP contribution in [0.5, 0.6) is 5.75 Å². The third kappa shape index (κ3) is 3.14. The molecular weight excluding hydrogens is 300 g/mol. The first kappa shape index (κ1) is 13.4. The number of ether oxygens (including phenoxy) is 2. The molecule has 0 saturated heterocycles. The molecule has 0 aliphatic heterocycles. The van der Waals surface area contributed by atoms with Crippen molar-refractivity contribution in [3.05, 3.63) is 27.7 Å². The topological polar surface area (TPSA) is 59.3 Å². The summed E-state index contributed by atoms with van der Waals surface area (Å²) >= 11 is 2.99. The lowest BCUT2D eigenvalue weighted by Gasteiger charge is -2.11. The largest absolute Gasteiger partial charge is 0.465 e. The van der Waals surface area contributed by atoms with Gasteiger partial charge in [0.1, 0.15) is 11.3 Å². The van der Waals surface area contributed by atoms with Crippen LogP contribution in [-0.4, -0.2) is 19.7 Å². The van der Waals surface area contributed by atoms with Crippen LogP contribution in [0.25, 0.3) is 0 Å². The van der Waals surface area contributed by atoms with Gasteiger partial charge in [-0.3, -0.25) is 0 Å².